The van der Waals surface area contributed by atoms with Crippen molar-refractivity contribution < 1.29 is 53.0 Å². The highest BCUT2D eigenvalue weighted by Crippen LogP contribution is 2.44. The Bertz CT molecular complexity index is 1990. The van der Waals surface area contributed by atoms with Gasteiger partial charge in [0.15, 0.2) is 0 Å². The first-order chi connectivity index (χ1) is 30.0. The van der Waals surface area contributed by atoms with Crippen LogP contribution in [0.2, 0.25) is 0 Å². The van der Waals surface area contributed by atoms with E-state index in [2.05, 4.69) is 31.9 Å². The maximum atomic E-state index is 13.9. The van der Waals surface area contributed by atoms with Gasteiger partial charge in [0.05, 0.1) is 0 Å². The Morgan fingerprint density at radius 2 is 0.906 bits per heavy atom. The van der Waals surface area contributed by atoms with Crippen LogP contribution in [0.3, 0.4) is 0 Å². The minimum atomic E-state index is -1.42. The third-order valence-electron chi connectivity index (χ3n) is 10.9. The summed E-state index contributed by atoms with van der Waals surface area (Å²) in [4.78, 5) is 117. The molecule has 3 rings (SSSR count). The van der Waals surface area contributed by atoms with Crippen molar-refractivity contribution in [2.45, 2.75) is 123 Å². The van der Waals surface area contributed by atoms with E-state index >= 15 is 0 Å². The lowest BCUT2D eigenvalue weighted by Crippen LogP contribution is -2.62. The fraction of sp³-hybridized carbons (Fsp3) is 0.533. The van der Waals surface area contributed by atoms with Crippen molar-refractivity contribution in [1.82, 2.24) is 31.9 Å². The van der Waals surface area contributed by atoms with E-state index in [-0.39, 0.29) is 31.8 Å². The van der Waals surface area contributed by atoms with Gasteiger partial charge < -0.3 is 53.2 Å². The minimum absolute atomic E-state index is 0.0664. The highest BCUT2D eigenvalue weighted by atomic mass is 16.5. The summed E-state index contributed by atoms with van der Waals surface area (Å²) in [5, 5.41) is 24.8. The van der Waals surface area contributed by atoms with E-state index in [4.69, 9.17) is 16.2 Å². The number of nitrogens with two attached hydrogens (primary N) is 2. The van der Waals surface area contributed by atoms with Gasteiger partial charge in [0.1, 0.15) is 42.9 Å². The number of primary amides is 2. The first-order valence-electron chi connectivity index (χ1n) is 21.5. The summed E-state index contributed by atoms with van der Waals surface area (Å²) in [6.45, 7) is 13.1. The molecule has 2 aromatic rings. The maximum absolute atomic E-state index is 13.9. The fourth-order valence-corrected chi connectivity index (χ4v) is 7.30. The van der Waals surface area contributed by atoms with Crippen LogP contribution >= 0.6 is 0 Å². The molecule has 0 fully saturated rings. The smallest absolute Gasteiger partial charge is 0.407 e. The summed E-state index contributed by atoms with van der Waals surface area (Å²) in [6, 6.07) is 7.83. The second-order valence-electron chi connectivity index (χ2n) is 17.3. The van der Waals surface area contributed by atoms with Gasteiger partial charge in [-0.1, -0.05) is 104 Å². The number of nitrogens with one attached hydrogen (secondary N) is 6. The van der Waals surface area contributed by atoms with Crippen molar-refractivity contribution in [3.05, 3.63) is 59.7 Å². The molecule has 0 radical (unpaired) electrons. The Morgan fingerprint density at radius 3 is 1.31 bits per heavy atom. The molecule has 0 unspecified atom stereocenters. The van der Waals surface area contributed by atoms with Gasteiger partial charge in [-0.15, -0.1) is 0 Å². The predicted molar refractivity (Wildman–Crippen MR) is 235 cm³/mol. The molecule has 2 aromatic carbocycles. The number of aliphatic carboxylic acids is 1. The standard InChI is InChI=1S/C45H64N8O11/c1-22(2)35(39(47)57)50-40(58)31(17-19-33(46)54)48-42(60)36(23(3)4)52-44(62)38(25(7)8)53-43(61)37(24(5)6)51-41(59)32(18-20-34(55)56)49-45(63)64-21-30-28-15-11-9-13-26(28)27-14-10-12-16-29(27)30/h9-16,22-25,30-32,35-38H,17-21H2,1-8H3,(H2,46,54)(H2,47,57)(H,48,60)(H,49,63)(H,50,58)(H,51,59)(H,52,62)(H,53,61)(H,55,56)/t31-,32-,35-,36-,37-,38-/m0/s1. The molecule has 11 N–H and O–H groups in total. The van der Waals surface area contributed by atoms with E-state index in [0.29, 0.717) is 0 Å². The molecule has 350 valence electrons. The molecule has 0 heterocycles. The van der Waals surface area contributed by atoms with Crippen LogP contribution in [0, 0.1) is 23.7 Å². The molecule has 8 amide bonds. The van der Waals surface area contributed by atoms with Crippen LogP contribution in [0.15, 0.2) is 48.5 Å². The summed E-state index contributed by atoms with van der Waals surface area (Å²) in [5.41, 5.74) is 14.7. The number of ether oxygens (including phenoxy) is 1. The monoisotopic (exact) mass is 892 g/mol. The van der Waals surface area contributed by atoms with E-state index < -0.39 is 120 Å². The van der Waals surface area contributed by atoms with Crippen LogP contribution in [-0.4, -0.2) is 101 Å². The van der Waals surface area contributed by atoms with Gasteiger partial charge in [-0.3, -0.25) is 38.4 Å². The first kappa shape index (κ1) is 51.8. The van der Waals surface area contributed by atoms with Crippen molar-refractivity contribution in [2.24, 2.45) is 35.1 Å². The summed E-state index contributed by atoms with van der Waals surface area (Å²) < 4.78 is 5.60. The zero-order valence-corrected chi connectivity index (χ0v) is 37.7. The van der Waals surface area contributed by atoms with E-state index in [1.165, 1.54) is 0 Å². The van der Waals surface area contributed by atoms with Crippen LogP contribution in [-0.2, 0) is 43.1 Å². The molecule has 19 heteroatoms. The van der Waals surface area contributed by atoms with Crippen LogP contribution in [0.5, 0.6) is 0 Å². The molecule has 6 atom stereocenters. The van der Waals surface area contributed by atoms with Crippen molar-refractivity contribution in [2.75, 3.05) is 6.61 Å². The maximum Gasteiger partial charge on any atom is 0.407 e. The molecule has 19 nitrogen and oxygen atoms in total. The quantitative estimate of drug-likeness (QED) is 0.0729. The van der Waals surface area contributed by atoms with Gasteiger partial charge in [0.2, 0.25) is 41.4 Å². The average molecular weight is 893 g/mol. The van der Waals surface area contributed by atoms with Crippen molar-refractivity contribution in [3.63, 3.8) is 0 Å². The molecular weight excluding hydrogens is 829 g/mol. The summed E-state index contributed by atoms with van der Waals surface area (Å²) in [7, 11) is 0. The lowest BCUT2D eigenvalue weighted by molar-refractivity contribution is -0.138. The second-order valence-corrected chi connectivity index (χ2v) is 17.3. The number of hydrogen-bond acceptors (Lipinski definition) is 10. The number of rotatable bonds is 24. The molecule has 0 spiro atoms. The summed E-state index contributed by atoms with van der Waals surface area (Å²) >= 11 is 0. The Hall–Kier alpha value is -6.53. The van der Waals surface area contributed by atoms with Gasteiger partial charge >= 0.3 is 12.1 Å². The van der Waals surface area contributed by atoms with E-state index in [0.717, 1.165) is 22.3 Å². The molecule has 1 aliphatic rings. The third-order valence-corrected chi connectivity index (χ3v) is 10.9. The topological polar surface area (TPSA) is 307 Å². The number of carbonyl (C=O) groups excluding carboxylic acids is 8. The van der Waals surface area contributed by atoms with Gasteiger partial charge in [-0.25, -0.2) is 4.79 Å². The van der Waals surface area contributed by atoms with Gasteiger partial charge in [-0.05, 0) is 58.8 Å². The predicted octanol–water partition coefficient (Wildman–Crippen LogP) is 1.56. The molecule has 0 aliphatic heterocycles. The molecule has 64 heavy (non-hydrogen) atoms. The number of carbonyl (C=O) groups is 9. The zero-order chi connectivity index (χ0) is 48.0. The van der Waals surface area contributed by atoms with Gasteiger partial charge in [0.25, 0.3) is 0 Å². The lowest BCUT2D eigenvalue weighted by Gasteiger charge is -2.30. The van der Waals surface area contributed by atoms with Crippen LogP contribution < -0.4 is 43.4 Å². The highest BCUT2D eigenvalue weighted by molar-refractivity contribution is 5.97. The Labute approximate surface area is 373 Å². The van der Waals surface area contributed by atoms with E-state index in [1.807, 2.05) is 48.5 Å². The van der Waals surface area contributed by atoms with E-state index in [9.17, 15) is 48.3 Å². The number of carboxylic acid groups (broad SMARTS) is 1. The molecule has 0 saturated carbocycles. The van der Waals surface area contributed by atoms with Crippen LogP contribution in [0.4, 0.5) is 4.79 Å². The lowest BCUT2D eigenvalue weighted by atomic mass is 9.97. The molecule has 0 bridgehead atoms. The van der Waals surface area contributed by atoms with Gasteiger partial charge in [0, 0.05) is 18.8 Å². The molecule has 0 aromatic heterocycles. The Kier molecular flexibility index (Phi) is 19.3. The molecular formula is C45H64N8O11. The first-order valence-corrected chi connectivity index (χ1v) is 21.5. The zero-order valence-electron chi connectivity index (χ0n) is 37.7. The normalized spacial score (nSPS) is 14.8. The van der Waals surface area contributed by atoms with Crippen LogP contribution in [0.1, 0.15) is 98.1 Å². The summed E-state index contributed by atoms with van der Waals surface area (Å²) in [5.74, 6) is -9.15. The fourth-order valence-electron chi connectivity index (χ4n) is 7.30. The minimum Gasteiger partial charge on any atom is -0.481 e. The number of fused-ring (bicyclic) bond motifs is 3. The number of amides is 8. The SMILES string of the molecule is CC(C)[C@H](NC(=O)[C@H](CCC(N)=O)NC(=O)[C@@H](NC(=O)[C@@H](NC(=O)[C@@H](NC(=O)[C@H](CCC(=O)O)NC(=O)OCC1c2ccccc2-c2ccccc21)C(C)C)C(C)C)C(C)C)C(N)=O. The van der Waals surface area contributed by atoms with Gasteiger partial charge in [-0.2, -0.15) is 0 Å². The number of benzene rings is 2. The average Bonchev–Trinajstić information content (AvgIpc) is 3.54. The van der Waals surface area contributed by atoms with Crippen molar-refractivity contribution in [3.8, 4) is 11.1 Å². The Balaban J connectivity index is 1.73. The summed E-state index contributed by atoms with van der Waals surface area (Å²) in [6.07, 6.45) is -2.31. The van der Waals surface area contributed by atoms with E-state index in [1.54, 1.807) is 55.4 Å². The Morgan fingerprint density at radius 1 is 0.531 bits per heavy atom. The van der Waals surface area contributed by atoms with Crippen molar-refractivity contribution in [1.29, 1.82) is 0 Å². The molecule has 0 saturated heterocycles. The number of alkyl carbamates (subject to hydrolysis) is 1. The highest BCUT2D eigenvalue weighted by Gasteiger charge is 2.37. The van der Waals surface area contributed by atoms with Crippen molar-refractivity contribution >= 4 is 53.4 Å². The number of carboxylic acids is 1. The second kappa shape index (κ2) is 23.8. The largest absolute Gasteiger partial charge is 0.481 e. The van der Waals surface area contributed by atoms with Crippen LogP contribution in [0.25, 0.3) is 11.1 Å². The number of hydrogen-bond donors (Lipinski definition) is 9. The third kappa shape index (κ3) is 14.5. The molecule has 1 aliphatic carbocycles.